The van der Waals surface area contributed by atoms with Crippen LogP contribution in [0.3, 0.4) is 0 Å². The Balaban J connectivity index is 1.62. The van der Waals surface area contributed by atoms with E-state index in [-0.39, 0.29) is 12.6 Å². The van der Waals surface area contributed by atoms with Crippen molar-refractivity contribution in [1.29, 1.82) is 0 Å². The van der Waals surface area contributed by atoms with Crippen LogP contribution in [0.5, 0.6) is 11.5 Å². The van der Waals surface area contributed by atoms with E-state index in [0.29, 0.717) is 23.0 Å². The molecule has 1 aliphatic heterocycles. The molecule has 2 heterocycles. The highest BCUT2D eigenvalue weighted by molar-refractivity contribution is 5.89. The molecule has 2 aromatic rings. The maximum absolute atomic E-state index is 12.3. The van der Waals surface area contributed by atoms with E-state index < -0.39 is 0 Å². The Hall–Kier alpha value is -3.03. The SMILES string of the molecule is COc1cc(NC(=O)NCc2nc(C)cc(N3CCCCC3)n2)cc(OC)c1. The number of anilines is 2. The van der Waals surface area contributed by atoms with Crippen molar-refractivity contribution in [3.05, 3.63) is 35.8 Å². The molecule has 28 heavy (non-hydrogen) atoms. The van der Waals surface area contributed by atoms with Gasteiger partial charge in [0.05, 0.1) is 20.8 Å². The first kappa shape index (κ1) is 19.7. The Morgan fingerprint density at radius 1 is 1.04 bits per heavy atom. The number of methoxy groups -OCH3 is 2. The van der Waals surface area contributed by atoms with Crippen molar-refractivity contribution in [2.75, 3.05) is 37.5 Å². The van der Waals surface area contributed by atoms with Gasteiger partial charge in [0, 0.05) is 48.7 Å². The van der Waals surface area contributed by atoms with Crippen LogP contribution >= 0.6 is 0 Å². The number of rotatable bonds is 6. The van der Waals surface area contributed by atoms with Crippen LogP contribution in [0.25, 0.3) is 0 Å². The second kappa shape index (κ2) is 9.25. The quantitative estimate of drug-likeness (QED) is 0.794. The van der Waals surface area contributed by atoms with Gasteiger partial charge in [-0.25, -0.2) is 14.8 Å². The number of carbonyl (C=O) groups excluding carboxylic acids is 1. The number of nitrogens with one attached hydrogen (secondary N) is 2. The highest BCUT2D eigenvalue weighted by atomic mass is 16.5. The van der Waals surface area contributed by atoms with Crippen molar-refractivity contribution in [3.63, 3.8) is 0 Å². The molecule has 1 aliphatic rings. The molecule has 0 unspecified atom stereocenters. The zero-order valence-electron chi connectivity index (χ0n) is 16.6. The van der Waals surface area contributed by atoms with Gasteiger partial charge in [-0.3, -0.25) is 0 Å². The van der Waals surface area contributed by atoms with Gasteiger partial charge in [-0.1, -0.05) is 0 Å². The Bertz CT molecular complexity index is 799. The first-order chi connectivity index (χ1) is 13.6. The number of aryl methyl sites for hydroxylation is 1. The molecule has 1 saturated heterocycles. The molecule has 1 fully saturated rings. The highest BCUT2D eigenvalue weighted by Crippen LogP contribution is 2.25. The lowest BCUT2D eigenvalue weighted by Crippen LogP contribution is -2.32. The van der Waals surface area contributed by atoms with Gasteiger partial charge in [0.15, 0.2) is 0 Å². The fourth-order valence-corrected chi connectivity index (χ4v) is 3.19. The van der Waals surface area contributed by atoms with Crippen molar-refractivity contribution in [2.24, 2.45) is 0 Å². The third-order valence-electron chi connectivity index (χ3n) is 4.58. The van der Waals surface area contributed by atoms with E-state index in [1.54, 1.807) is 32.4 Å². The maximum atomic E-state index is 12.3. The molecular weight excluding hydrogens is 358 g/mol. The van der Waals surface area contributed by atoms with E-state index in [2.05, 4.69) is 25.5 Å². The molecule has 8 heteroatoms. The molecule has 2 N–H and O–H groups in total. The highest BCUT2D eigenvalue weighted by Gasteiger charge is 2.14. The molecule has 1 aromatic heterocycles. The molecule has 2 amide bonds. The molecule has 3 rings (SSSR count). The number of ether oxygens (including phenoxy) is 2. The minimum absolute atomic E-state index is 0.245. The van der Waals surface area contributed by atoms with Gasteiger partial charge in [-0.05, 0) is 26.2 Å². The average molecular weight is 385 g/mol. The van der Waals surface area contributed by atoms with Crippen LogP contribution < -0.4 is 25.0 Å². The summed E-state index contributed by atoms with van der Waals surface area (Å²) in [4.78, 5) is 23.6. The Labute approximate surface area is 165 Å². The van der Waals surface area contributed by atoms with Crippen molar-refractivity contribution in [3.8, 4) is 11.5 Å². The molecule has 0 spiro atoms. The lowest BCUT2D eigenvalue weighted by Gasteiger charge is -2.28. The maximum Gasteiger partial charge on any atom is 0.319 e. The number of benzene rings is 1. The third kappa shape index (κ3) is 5.25. The molecule has 0 bridgehead atoms. The Morgan fingerprint density at radius 2 is 1.71 bits per heavy atom. The van der Waals surface area contributed by atoms with E-state index in [9.17, 15) is 4.79 Å². The zero-order valence-corrected chi connectivity index (χ0v) is 16.6. The number of amides is 2. The monoisotopic (exact) mass is 385 g/mol. The van der Waals surface area contributed by atoms with Crippen molar-refractivity contribution >= 4 is 17.5 Å². The van der Waals surface area contributed by atoms with Gasteiger partial charge in [-0.15, -0.1) is 0 Å². The normalized spacial score (nSPS) is 13.8. The molecular formula is C20H27N5O3. The molecule has 150 valence electrons. The van der Waals surface area contributed by atoms with Crippen LogP contribution in [0.2, 0.25) is 0 Å². The number of carbonyl (C=O) groups is 1. The van der Waals surface area contributed by atoms with Crippen LogP contribution in [-0.2, 0) is 6.54 Å². The number of aromatic nitrogens is 2. The van der Waals surface area contributed by atoms with Crippen molar-refractivity contribution < 1.29 is 14.3 Å². The molecule has 0 radical (unpaired) electrons. The second-order valence-electron chi connectivity index (χ2n) is 6.74. The molecule has 0 atom stereocenters. The summed E-state index contributed by atoms with van der Waals surface area (Å²) in [6.07, 6.45) is 3.64. The predicted molar refractivity (Wildman–Crippen MR) is 108 cm³/mol. The summed E-state index contributed by atoms with van der Waals surface area (Å²) in [5.41, 5.74) is 1.47. The lowest BCUT2D eigenvalue weighted by atomic mass is 10.1. The van der Waals surface area contributed by atoms with Crippen LogP contribution in [0.4, 0.5) is 16.3 Å². The summed E-state index contributed by atoms with van der Waals surface area (Å²) in [5.74, 6) is 2.73. The number of urea groups is 1. The summed E-state index contributed by atoms with van der Waals surface area (Å²) < 4.78 is 10.4. The van der Waals surface area contributed by atoms with Gasteiger partial charge in [-0.2, -0.15) is 0 Å². The molecule has 8 nitrogen and oxygen atoms in total. The molecule has 1 aromatic carbocycles. The van der Waals surface area contributed by atoms with E-state index in [4.69, 9.17) is 9.47 Å². The van der Waals surface area contributed by atoms with Crippen LogP contribution in [-0.4, -0.2) is 43.3 Å². The Kier molecular flexibility index (Phi) is 6.52. The van der Waals surface area contributed by atoms with Crippen LogP contribution in [0.1, 0.15) is 30.8 Å². The van der Waals surface area contributed by atoms with Crippen LogP contribution in [0, 0.1) is 6.92 Å². The number of hydrogen-bond acceptors (Lipinski definition) is 6. The van der Waals surface area contributed by atoms with Gasteiger partial charge < -0.3 is 25.0 Å². The van der Waals surface area contributed by atoms with Crippen molar-refractivity contribution in [1.82, 2.24) is 15.3 Å². The minimum Gasteiger partial charge on any atom is -0.497 e. The predicted octanol–water partition coefficient (Wildman–Crippen LogP) is 3.11. The van der Waals surface area contributed by atoms with Crippen LogP contribution in [0.15, 0.2) is 24.3 Å². The van der Waals surface area contributed by atoms with Gasteiger partial charge in [0.2, 0.25) is 0 Å². The standard InChI is InChI=1S/C20H27N5O3/c1-14-9-19(25-7-5-4-6-8-25)24-18(22-14)13-21-20(26)23-15-10-16(27-2)12-17(11-15)28-3/h9-12H,4-8,13H2,1-3H3,(H2,21,23,26). The molecule has 0 aliphatic carbocycles. The molecule has 0 saturated carbocycles. The first-order valence-corrected chi connectivity index (χ1v) is 9.45. The van der Waals surface area contributed by atoms with E-state index in [1.165, 1.54) is 19.3 Å². The number of nitrogens with zero attached hydrogens (tertiary/aromatic N) is 3. The summed E-state index contributed by atoms with van der Waals surface area (Å²) in [6, 6.07) is 6.84. The summed E-state index contributed by atoms with van der Waals surface area (Å²) in [7, 11) is 3.13. The number of hydrogen-bond donors (Lipinski definition) is 2. The first-order valence-electron chi connectivity index (χ1n) is 9.45. The van der Waals surface area contributed by atoms with Gasteiger partial charge in [0.25, 0.3) is 0 Å². The lowest BCUT2D eigenvalue weighted by molar-refractivity contribution is 0.251. The fourth-order valence-electron chi connectivity index (χ4n) is 3.19. The van der Waals surface area contributed by atoms with Gasteiger partial charge in [0.1, 0.15) is 23.1 Å². The third-order valence-corrected chi connectivity index (χ3v) is 4.58. The smallest absolute Gasteiger partial charge is 0.319 e. The second-order valence-corrected chi connectivity index (χ2v) is 6.74. The minimum atomic E-state index is -0.347. The average Bonchev–Trinajstić information content (AvgIpc) is 2.72. The Morgan fingerprint density at radius 3 is 2.36 bits per heavy atom. The van der Waals surface area contributed by atoms with Crippen molar-refractivity contribution in [2.45, 2.75) is 32.7 Å². The fraction of sp³-hybridized carbons (Fsp3) is 0.450. The summed E-state index contributed by atoms with van der Waals surface area (Å²) in [6.45, 7) is 4.22. The van der Waals surface area contributed by atoms with E-state index in [0.717, 1.165) is 24.6 Å². The topological polar surface area (TPSA) is 88.6 Å². The summed E-state index contributed by atoms with van der Waals surface area (Å²) in [5, 5.41) is 5.58. The zero-order chi connectivity index (χ0) is 19.9. The largest absolute Gasteiger partial charge is 0.497 e. The summed E-state index contributed by atoms with van der Waals surface area (Å²) >= 11 is 0. The van der Waals surface area contributed by atoms with E-state index in [1.807, 2.05) is 13.0 Å². The van der Waals surface area contributed by atoms with Gasteiger partial charge >= 0.3 is 6.03 Å². The van der Waals surface area contributed by atoms with E-state index >= 15 is 0 Å². The number of piperidine rings is 1.